The molecule has 4 rings (SSSR count). The Bertz CT molecular complexity index is 1410. The lowest BCUT2D eigenvalue weighted by molar-refractivity contribution is 0.391. The van der Waals surface area contributed by atoms with Gasteiger partial charge in [0.05, 0.1) is 19.5 Å². The summed E-state index contributed by atoms with van der Waals surface area (Å²) in [5.41, 5.74) is 1.91. The highest BCUT2D eigenvalue weighted by atomic mass is 79.9. The number of benzene rings is 1. The molecule has 13 heteroatoms. The first kappa shape index (κ1) is 25.1. The van der Waals surface area contributed by atoms with E-state index in [0.29, 0.717) is 33.7 Å². The van der Waals surface area contributed by atoms with Crippen LogP contribution in [0.5, 0.6) is 11.5 Å². The van der Waals surface area contributed by atoms with Crippen molar-refractivity contribution < 1.29 is 17.9 Å². The molecule has 0 saturated heterocycles. The average molecular weight is 580 g/mol. The summed E-state index contributed by atoms with van der Waals surface area (Å²) >= 11 is 4.71. The summed E-state index contributed by atoms with van der Waals surface area (Å²) in [6, 6.07) is 8.86. The zero-order valence-corrected chi connectivity index (χ0v) is 22.6. The number of sulfonamides is 1. The number of aryl methyl sites for hydroxylation is 1. The number of methoxy groups -OCH3 is 2. The predicted molar refractivity (Wildman–Crippen MR) is 138 cm³/mol. The summed E-state index contributed by atoms with van der Waals surface area (Å²) in [4.78, 5) is 8.79. The molecule has 3 heterocycles. The highest BCUT2D eigenvalue weighted by Gasteiger charge is 2.29. The van der Waals surface area contributed by atoms with Crippen LogP contribution >= 0.6 is 27.3 Å². The fourth-order valence-electron chi connectivity index (χ4n) is 3.37. The third-order valence-corrected chi connectivity index (χ3v) is 8.27. The number of anilines is 1. The first-order valence-corrected chi connectivity index (χ1v) is 13.7. The zero-order valence-electron chi connectivity index (χ0n) is 19.4. The number of nitrogens with zero attached hydrogens (tertiary/aromatic N) is 5. The zero-order chi connectivity index (χ0) is 25.2. The van der Waals surface area contributed by atoms with E-state index < -0.39 is 15.3 Å². The van der Waals surface area contributed by atoms with E-state index in [-0.39, 0.29) is 12.4 Å². The predicted octanol–water partition coefficient (Wildman–Crippen LogP) is 4.25. The van der Waals surface area contributed by atoms with Crippen LogP contribution in [0.4, 0.5) is 5.95 Å². The van der Waals surface area contributed by atoms with Gasteiger partial charge in [-0.15, -0.1) is 21.5 Å². The molecule has 35 heavy (non-hydrogen) atoms. The number of ether oxygens (including phenoxy) is 2. The van der Waals surface area contributed by atoms with Gasteiger partial charge in [0.2, 0.25) is 16.0 Å². The summed E-state index contributed by atoms with van der Waals surface area (Å²) in [6.07, 6.45) is 1.85. The van der Waals surface area contributed by atoms with E-state index in [0.717, 1.165) is 10.2 Å². The van der Waals surface area contributed by atoms with Crippen molar-refractivity contribution in [2.24, 2.45) is 0 Å². The molecule has 0 aliphatic carbocycles. The molecule has 0 radical (unpaired) electrons. The van der Waals surface area contributed by atoms with E-state index in [4.69, 9.17) is 9.47 Å². The minimum absolute atomic E-state index is 0.00808. The summed E-state index contributed by atoms with van der Waals surface area (Å²) in [6.45, 7) is 3.48. The highest BCUT2D eigenvalue weighted by Crippen LogP contribution is 2.38. The molecule has 1 aromatic carbocycles. The van der Waals surface area contributed by atoms with Crippen LogP contribution in [-0.2, 0) is 16.4 Å². The molecule has 0 aliphatic rings. The maximum absolute atomic E-state index is 13.3. The summed E-state index contributed by atoms with van der Waals surface area (Å²) in [7, 11) is -0.837. The second-order valence-electron chi connectivity index (χ2n) is 7.62. The van der Waals surface area contributed by atoms with Crippen molar-refractivity contribution in [3.05, 3.63) is 57.8 Å². The second kappa shape index (κ2) is 10.3. The largest absolute Gasteiger partial charge is 0.494 e. The molecule has 1 atom stereocenters. The van der Waals surface area contributed by atoms with Crippen molar-refractivity contribution >= 4 is 43.2 Å². The number of hydrogen-bond donors (Lipinski definition) is 1. The SMILES string of the molecule is COc1cccc(OC)c1-n1c(NS(=O)(=O)C(C)Cc2ccc(Br)cn2)nnc1-c1nc(C)cs1. The molecular weight excluding hydrogens is 556 g/mol. The van der Waals surface area contributed by atoms with Crippen LogP contribution in [0.1, 0.15) is 18.3 Å². The van der Waals surface area contributed by atoms with E-state index >= 15 is 0 Å². The van der Waals surface area contributed by atoms with Crippen molar-refractivity contribution in [2.45, 2.75) is 25.5 Å². The molecule has 0 aliphatic heterocycles. The molecule has 4 aromatic rings. The first-order chi connectivity index (χ1) is 16.7. The average Bonchev–Trinajstić information content (AvgIpc) is 3.45. The normalized spacial score (nSPS) is 12.4. The number of halogens is 1. The van der Waals surface area contributed by atoms with Crippen LogP contribution in [-0.4, -0.2) is 52.6 Å². The van der Waals surface area contributed by atoms with Crippen LogP contribution < -0.4 is 14.2 Å². The summed E-state index contributed by atoms with van der Waals surface area (Å²) in [5.74, 6) is 1.24. The van der Waals surface area contributed by atoms with E-state index in [1.165, 1.54) is 25.6 Å². The van der Waals surface area contributed by atoms with Gasteiger partial charge in [0.1, 0.15) is 17.2 Å². The van der Waals surface area contributed by atoms with Gasteiger partial charge in [0.15, 0.2) is 10.8 Å². The molecule has 184 valence electrons. The van der Waals surface area contributed by atoms with E-state index in [1.807, 2.05) is 18.4 Å². The topological polar surface area (TPSA) is 121 Å². The molecule has 0 bridgehead atoms. The standard InChI is InChI=1S/C22H23BrN6O4S2/c1-13-12-34-21(25-13)20-26-27-22(29(20)19-17(32-3)6-5-7-18(19)33-4)28-35(30,31)14(2)10-16-9-8-15(23)11-24-16/h5-9,11-12,14H,10H2,1-4H3,(H,27,28). The minimum atomic E-state index is -3.88. The monoisotopic (exact) mass is 578 g/mol. The molecule has 0 spiro atoms. The van der Waals surface area contributed by atoms with Gasteiger partial charge in [0, 0.05) is 33.9 Å². The second-order valence-corrected chi connectivity index (χ2v) is 11.5. The Morgan fingerprint density at radius 3 is 2.43 bits per heavy atom. The van der Waals surface area contributed by atoms with Crippen molar-refractivity contribution in [3.63, 3.8) is 0 Å². The van der Waals surface area contributed by atoms with Crippen molar-refractivity contribution in [1.82, 2.24) is 24.7 Å². The van der Waals surface area contributed by atoms with Gasteiger partial charge in [-0.1, -0.05) is 6.07 Å². The van der Waals surface area contributed by atoms with Crippen LogP contribution in [0.3, 0.4) is 0 Å². The number of hydrogen-bond acceptors (Lipinski definition) is 9. The van der Waals surface area contributed by atoms with E-state index in [1.54, 1.807) is 42.0 Å². The Labute approximate surface area is 215 Å². The number of nitrogens with one attached hydrogen (secondary N) is 1. The number of rotatable bonds is 9. The van der Waals surface area contributed by atoms with E-state index in [9.17, 15) is 8.42 Å². The molecule has 0 saturated carbocycles. The molecule has 0 amide bonds. The van der Waals surface area contributed by atoms with Crippen LogP contribution in [0, 0.1) is 6.92 Å². The van der Waals surface area contributed by atoms with Gasteiger partial charge >= 0.3 is 0 Å². The van der Waals surface area contributed by atoms with E-state index in [2.05, 4.69) is 40.8 Å². The molecule has 1 N–H and O–H groups in total. The number of thiazole rings is 1. The quantitative estimate of drug-likeness (QED) is 0.313. The first-order valence-electron chi connectivity index (χ1n) is 10.4. The lowest BCUT2D eigenvalue weighted by atomic mass is 10.2. The van der Waals surface area contributed by atoms with Gasteiger partial charge in [-0.25, -0.2) is 13.4 Å². The van der Waals surface area contributed by atoms with Crippen molar-refractivity contribution in [1.29, 1.82) is 0 Å². The van der Waals surface area contributed by atoms with Gasteiger partial charge in [-0.05, 0) is 54.0 Å². The number of pyridine rings is 1. The maximum Gasteiger partial charge on any atom is 0.243 e. The van der Waals surface area contributed by atoms with Gasteiger partial charge in [-0.3, -0.25) is 14.3 Å². The van der Waals surface area contributed by atoms with Crippen molar-refractivity contribution in [2.75, 3.05) is 18.9 Å². The van der Waals surface area contributed by atoms with Crippen LogP contribution in [0.25, 0.3) is 16.5 Å². The molecule has 1 unspecified atom stereocenters. The Kier molecular flexibility index (Phi) is 7.38. The Morgan fingerprint density at radius 2 is 1.86 bits per heavy atom. The smallest absolute Gasteiger partial charge is 0.243 e. The van der Waals surface area contributed by atoms with Crippen LogP contribution in [0.2, 0.25) is 0 Å². The fraction of sp³-hybridized carbons (Fsp3) is 0.273. The van der Waals surface area contributed by atoms with Crippen LogP contribution in [0.15, 0.2) is 46.4 Å². The molecular formula is C22H23BrN6O4S2. The Balaban J connectivity index is 1.79. The van der Waals surface area contributed by atoms with Gasteiger partial charge < -0.3 is 9.47 Å². The van der Waals surface area contributed by atoms with Gasteiger partial charge in [-0.2, -0.15) is 0 Å². The third-order valence-electron chi connectivity index (χ3n) is 5.15. The maximum atomic E-state index is 13.3. The third kappa shape index (κ3) is 5.31. The lowest BCUT2D eigenvalue weighted by Crippen LogP contribution is -2.28. The number of para-hydroxylation sites is 1. The molecule has 10 nitrogen and oxygen atoms in total. The minimum Gasteiger partial charge on any atom is -0.494 e. The number of aromatic nitrogens is 5. The summed E-state index contributed by atoms with van der Waals surface area (Å²) < 4.78 is 42.7. The molecule has 3 aromatic heterocycles. The fourth-order valence-corrected chi connectivity index (χ4v) is 5.35. The van der Waals surface area contributed by atoms with Crippen molar-refractivity contribution in [3.8, 4) is 28.0 Å². The van der Waals surface area contributed by atoms with Gasteiger partial charge in [0.25, 0.3) is 0 Å². The molecule has 0 fully saturated rings. The Morgan fingerprint density at radius 1 is 1.14 bits per heavy atom. The highest BCUT2D eigenvalue weighted by molar-refractivity contribution is 9.10. The Hall–Kier alpha value is -3.03. The summed E-state index contributed by atoms with van der Waals surface area (Å²) in [5, 5.41) is 10.1. The lowest BCUT2D eigenvalue weighted by Gasteiger charge is -2.18.